The summed E-state index contributed by atoms with van der Waals surface area (Å²) >= 11 is 0. The maximum absolute atomic E-state index is 10.1. The molecule has 0 saturated heterocycles. The van der Waals surface area contributed by atoms with E-state index in [1.807, 2.05) is 0 Å². The molecule has 0 radical (unpaired) electrons. The van der Waals surface area contributed by atoms with Crippen LogP contribution in [0.3, 0.4) is 0 Å². The minimum atomic E-state index is 0.334. The maximum Gasteiger partial charge on any atom is 0.119 e. The molecular weight excluding hydrogens is 250 g/mol. The highest BCUT2D eigenvalue weighted by Gasteiger charge is 2.32. The molecule has 3 heteroatoms. The van der Waals surface area contributed by atoms with E-state index in [2.05, 4.69) is 25.7 Å². The van der Waals surface area contributed by atoms with Gasteiger partial charge in [-0.3, -0.25) is 4.90 Å². The minimum absolute atomic E-state index is 0.334. The molecule has 0 aromatic heterocycles. The van der Waals surface area contributed by atoms with Crippen molar-refractivity contribution in [1.82, 2.24) is 4.90 Å². The highest BCUT2D eigenvalue weighted by Crippen LogP contribution is 2.38. The largest absolute Gasteiger partial charge is 0.508 e. The Bertz CT molecular complexity index is 453. The Morgan fingerprint density at radius 3 is 2.00 bits per heavy atom. The summed E-state index contributed by atoms with van der Waals surface area (Å²) in [6.45, 7) is 8.91. The van der Waals surface area contributed by atoms with E-state index in [1.165, 1.54) is 0 Å². The van der Waals surface area contributed by atoms with Crippen molar-refractivity contribution in [3.05, 3.63) is 23.3 Å². The van der Waals surface area contributed by atoms with Crippen LogP contribution in [-0.2, 0) is 12.8 Å². The zero-order valence-corrected chi connectivity index (χ0v) is 12.9. The Labute approximate surface area is 122 Å². The van der Waals surface area contributed by atoms with Crippen LogP contribution in [0.2, 0.25) is 0 Å². The number of phenols is 2. The first-order valence-electron chi connectivity index (χ1n) is 7.85. The summed E-state index contributed by atoms with van der Waals surface area (Å²) in [5.41, 5.74) is 1.90. The minimum Gasteiger partial charge on any atom is -0.508 e. The lowest BCUT2D eigenvalue weighted by Gasteiger charge is -2.39. The first kappa shape index (κ1) is 15.2. The number of aromatic hydroxyl groups is 2. The van der Waals surface area contributed by atoms with Gasteiger partial charge in [-0.05, 0) is 56.8 Å². The molecule has 1 aliphatic carbocycles. The second-order valence-electron chi connectivity index (χ2n) is 6.05. The van der Waals surface area contributed by atoms with Crippen molar-refractivity contribution in [2.24, 2.45) is 5.92 Å². The molecule has 0 saturated carbocycles. The van der Waals surface area contributed by atoms with Crippen molar-refractivity contribution >= 4 is 0 Å². The molecule has 2 N–H and O–H groups in total. The standard InChI is InChI=1S/C17H27NO2/c1-4-8-18(9-5-2)15-11-14-13(10-12(15)3)16(19)6-7-17(14)20/h6-7,12,15,19-20H,4-5,8-11H2,1-3H3/t12-,15-/m1/s1. The Morgan fingerprint density at radius 1 is 1.00 bits per heavy atom. The van der Waals surface area contributed by atoms with Gasteiger partial charge < -0.3 is 10.2 Å². The molecule has 0 amide bonds. The van der Waals surface area contributed by atoms with E-state index in [-0.39, 0.29) is 0 Å². The summed E-state index contributed by atoms with van der Waals surface area (Å²) in [7, 11) is 0. The topological polar surface area (TPSA) is 43.7 Å². The van der Waals surface area contributed by atoms with Crippen molar-refractivity contribution in [2.75, 3.05) is 13.1 Å². The zero-order valence-electron chi connectivity index (χ0n) is 12.9. The van der Waals surface area contributed by atoms with E-state index in [0.29, 0.717) is 23.5 Å². The summed E-state index contributed by atoms with van der Waals surface area (Å²) in [4.78, 5) is 2.55. The third-order valence-electron chi connectivity index (χ3n) is 4.47. The monoisotopic (exact) mass is 277 g/mol. The fourth-order valence-corrected chi connectivity index (χ4v) is 3.50. The summed E-state index contributed by atoms with van der Waals surface area (Å²) in [5.74, 6) is 1.18. The van der Waals surface area contributed by atoms with Crippen molar-refractivity contribution in [3.63, 3.8) is 0 Å². The fraction of sp³-hybridized carbons (Fsp3) is 0.647. The van der Waals surface area contributed by atoms with Gasteiger partial charge in [0.1, 0.15) is 11.5 Å². The van der Waals surface area contributed by atoms with Crippen LogP contribution in [-0.4, -0.2) is 34.2 Å². The first-order valence-corrected chi connectivity index (χ1v) is 7.85. The zero-order chi connectivity index (χ0) is 14.7. The van der Waals surface area contributed by atoms with Crippen LogP contribution in [0, 0.1) is 5.92 Å². The number of rotatable bonds is 5. The van der Waals surface area contributed by atoms with Crippen molar-refractivity contribution in [2.45, 2.75) is 52.5 Å². The van der Waals surface area contributed by atoms with Gasteiger partial charge in [0.2, 0.25) is 0 Å². The van der Waals surface area contributed by atoms with Crippen LogP contribution in [0.25, 0.3) is 0 Å². The van der Waals surface area contributed by atoms with Gasteiger partial charge in [0.05, 0.1) is 0 Å². The van der Waals surface area contributed by atoms with Crippen molar-refractivity contribution < 1.29 is 10.2 Å². The molecular formula is C17H27NO2. The lowest BCUT2D eigenvalue weighted by atomic mass is 9.79. The van der Waals surface area contributed by atoms with Gasteiger partial charge >= 0.3 is 0 Å². The molecule has 0 spiro atoms. The molecule has 112 valence electrons. The fourth-order valence-electron chi connectivity index (χ4n) is 3.50. The van der Waals surface area contributed by atoms with E-state index in [4.69, 9.17) is 0 Å². The van der Waals surface area contributed by atoms with E-state index in [9.17, 15) is 10.2 Å². The number of nitrogens with zero attached hydrogens (tertiary/aromatic N) is 1. The maximum atomic E-state index is 10.1. The third-order valence-corrected chi connectivity index (χ3v) is 4.47. The molecule has 3 nitrogen and oxygen atoms in total. The SMILES string of the molecule is CCCN(CCC)[C@@H]1Cc2c(O)ccc(O)c2C[C@H]1C. The van der Waals surface area contributed by atoms with Crippen LogP contribution in [0.5, 0.6) is 11.5 Å². The highest BCUT2D eigenvalue weighted by molar-refractivity contribution is 5.49. The highest BCUT2D eigenvalue weighted by atomic mass is 16.3. The molecule has 1 aliphatic rings. The average Bonchev–Trinajstić information content (AvgIpc) is 2.43. The molecule has 0 unspecified atom stereocenters. The Kier molecular flexibility index (Phi) is 4.92. The lowest BCUT2D eigenvalue weighted by Crippen LogP contribution is -2.45. The number of fused-ring (bicyclic) bond motifs is 1. The van der Waals surface area contributed by atoms with Crippen LogP contribution in [0.15, 0.2) is 12.1 Å². The number of hydrogen-bond donors (Lipinski definition) is 2. The second-order valence-corrected chi connectivity index (χ2v) is 6.05. The summed E-state index contributed by atoms with van der Waals surface area (Å²) in [5, 5.41) is 20.1. The predicted molar refractivity (Wildman–Crippen MR) is 82.3 cm³/mol. The quantitative estimate of drug-likeness (QED) is 0.811. The Hall–Kier alpha value is -1.22. The summed E-state index contributed by atoms with van der Waals surface area (Å²) < 4.78 is 0. The molecule has 0 fully saturated rings. The molecule has 0 heterocycles. The smallest absolute Gasteiger partial charge is 0.119 e. The first-order chi connectivity index (χ1) is 9.58. The van der Waals surface area contributed by atoms with E-state index in [1.54, 1.807) is 12.1 Å². The van der Waals surface area contributed by atoms with Gasteiger partial charge in [-0.15, -0.1) is 0 Å². The van der Waals surface area contributed by atoms with E-state index >= 15 is 0 Å². The summed E-state index contributed by atoms with van der Waals surface area (Å²) in [6, 6.07) is 3.69. The Balaban J connectivity index is 2.28. The van der Waals surface area contributed by atoms with Gasteiger partial charge in [-0.1, -0.05) is 20.8 Å². The normalized spacial score (nSPS) is 22.0. The van der Waals surface area contributed by atoms with E-state index in [0.717, 1.165) is 49.9 Å². The van der Waals surface area contributed by atoms with Crippen LogP contribution >= 0.6 is 0 Å². The van der Waals surface area contributed by atoms with Gasteiger partial charge in [-0.2, -0.15) is 0 Å². The van der Waals surface area contributed by atoms with Gasteiger partial charge in [0, 0.05) is 17.2 Å². The third kappa shape index (κ3) is 2.93. The van der Waals surface area contributed by atoms with Crippen LogP contribution in [0.1, 0.15) is 44.7 Å². The summed E-state index contributed by atoms with van der Waals surface area (Å²) in [6.07, 6.45) is 4.01. The van der Waals surface area contributed by atoms with E-state index < -0.39 is 0 Å². The van der Waals surface area contributed by atoms with Crippen molar-refractivity contribution in [1.29, 1.82) is 0 Å². The van der Waals surface area contributed by atoms with Gasteiger partial charge in [0.15, 0.2) is 0 Å². The predicted octanol–water partition coefficient (Wildman–Crippen LogP) is 3.32. The molecule has 0 aliphatic heterocycles. The number of hydrogen-bond acceptors (Lipinski definition) is 3. The number of benzene rings is 1. The Morgan fingerprint density at radius 2 is 1.50 bits per heavy atom. The van der Waals surface area contributed by atoms with Crippen LogP contribution in [0.4, 0.5) is 0 Å². The second kappa shape index (κ2) is 6.49. The molecule has 0 bridgehead atoms. The molecule has 2 atom stereocenters. The molecule has 20 heavy (non-hydrogen) atoms. The van der Waals surface area contributed by atoms with Crippen molar-refractivity contribution in [3.8, 4) is 11.5 Å². The van der Waals surface area contributed by atoms with Gasteiger partial charge in [0.25, 0.3) is 0 Å². The average molecular weight is 277 g/mol. The number of phenolic OH excluding ortho intramolecular Hbond substituents is 2. The molecule has 1 aromatic rings. The van der Waals surface area contributed by atoms with Gasteiger partial charge in [-0.25, -0.2) is 0 Å². The lowest BCUT2D eigenvalue weighted by molar-refractivity contribution is 0.137. The molecule has 2 rings (SSSR count). The molecule has 1 aromatic carbocycles. The van der Waals surface area contributed by atoms with Crippen LogP contribution < -0.4 is 0 Å².